The fourth-order valence-electron chi connectivity index (χ4n) is 3.47. The molecule has 1 unspecified atom stereocenters. The van der Waals surface area contributed by atoms with Gasteiger partial charge in [-0.05, 0) is 38.0 Å². The maximum Gasteiger partial charge on any atom is 0.230 e. The van der Waals surface area contributed by atoms with Crippen molar-refractivity contribution >= 4 is 15.7 Å². The molecule has 7 heteroatoms. The van der Waals surface area contributed by atoms with Gasteiger partial charge in [0.05, 0.1) is 23.6 Å². The molecule has 126 valence electrons. The molecule has 0 spiro atoms. The van der Waals surface area contributed by atoms with Crippen molar-refractivity contribution in [1.82, 2.24) is 10.1 Å². The highest BCUT2D eigenvalue weighted by Crippen LogP contribution is 2.40. The molecule has 23 heavy (non-hydrogen) atoms. The minimum atomic E-state index is -3.04. The van der Waals surface area contributed by atoms with E-state index in [0.29, 0.717) is 30.6 Å². The van der Waals surface area contributed by atoms with Gasteiger partial charge in [-0.25, -0.2) is 8.42 Å². The number of hydrogen-bond donors (Lipinski definition) is 0. The van der Waals surface area contributed by atoms with Crippen molar-refractivity contribution in [1.29, 1.82) is 0 Å². The van der Waals surface area contributed by atoms with E-state index in [1.807, 2.05) is 6.07 Å². The van der Waals surface area contributed by atoms with Gasteiger partial charge in [0.1, 0.15) is 5.76 Å². The van der Waals surface area contributed by atoms with Crippen molar-refractivity contribution in [3.63, 3.8) is 0 Å². The van der Waals surface area contributed by atoms with Gasteiger partial charge in [0.25, 0.3) is 0 Å². The topological polar surface area (TPSA) is 80.5 Å². The minimum absolute atomic E-state index is 0.0301. The van der Waals surface area contributed by atoms with Gasteiger partial charge in [-0.1, -0.05) is 5.16 Å². The maximum atomic E-state index is 12.7. The predicted molar refractivity (Wildman–Crippen MR) is 83.7 cm³/mol. The summed E-state index contributed by atoms with van der Waals surface area (Å²) in [5.74, 6) is 1.73. The Morgan fingerprint density at radius 2 is 2.09 bits per heavy atom. The van der Waals surface area contributed by atoms with Gasteiger partial charge in [-0.3, -0.25) is 4.79 Å². The molecule has 1 aromatic rings. The van der Waals surface area contributed by atoms with Gasteiger partial charge in [-0.2, -0.15) is 0 Å². The average molecular weight is 338 g/mol. The van der Waals surface area contributed by atoms with Crippen LogP contribution in [0.4, 0.5) is 0 Å². The smallest absolute Gasteiger partial charge is 0.230 e. The molecule has 1 aliphatic heterocycles. The Bertz CT molecular complexity index is 703. The quantitative estimate of drug-likeness (QED) is 0.831. The molecule has 0 N–H and O–H groups in total. The number of sulfone groups is 1. The molecule has 4 rings (SSSR count). The summed E-state index contributed by atoms with van der Waals surface area (Å²) >= 11 is 0. The Morgan fingerprint density at radius 3 is 2.78 bits per heavy atom. The standard InChI is InChI=1S/C16H22N2O4S/c19-16(9-13-8-14(17-22-13)11-2-3-11)18-6-1-7-23(20,21)10-15(18)12-4-5-12/h8,11-12,15H,1-7,9-10H2. The lowest BCUT2D eigenvalue weighted by atomic mass is 10.1. The van der Waals surface area contributed by atoms with Gasteiger partial charge in [-0.15, -0.1) is 0 Å². The van der Waals surface area contributed by atoms with Gasteiger partial charge in [0.2, 0.25) is 5.91 Å². The first-order chi connectivity index (χ1) is 11.0. The van der Waals surface area contributed by atoms with E-state index >= 15 is 0 Å². The van der Waals surface area contributed by atoms with Crippen LogP contribution in [0.2, 0.25) is 0 Å². The first-order valence-electron chi connectivity index (χ1n) is 8.47. The van der Waals surface area contributed by atoms with Crippen LogP contribution in [-0.2, 0) is 21.1 Å². The highest BCUT2D eigenvalue weighted by molar-refractivity contribution is 7.91. The van der Waals surface area contributed by atoms with Gasteiger partial charge in [0.15, 0.2) is 9.84 Å². The summed E-state index contributed by atoms with van der Waals surface area (Å²) in [5.41, 5.74) is 0.949. The number of aromatic nitrogens is 1. The number of nitrogens with zero attached hydrogens (tertiary/aromatic N) is 2. The molecule has 0 aromatic carbocycles. The summed E-state index contributed by atoms with van der Waals surface area (Å²) in [6.45, 7) is 0.531. The van der Waals surface area contributed by atoms with Crippen LogP contribution in [0.25, 0.3) is 0 Å². The Morgan fingerprint density at radius 1 is 1.30 bits per heavy atom. The third kappa shape index (κ3) is 3.44. The van der Waals surface area contributed by atoms with Crippen LogP contribution in [0.1, 0.15) is 49.5 Å². The third-order valence-electron chi connectivity index (χ3n) is 5.06. The van der Waals surface area contributed by atoms with E-state index < -0.39 is 9.84 Å². The van der Waals surface area contributed by atoms with Crippen LogP contribution in [-0.4, -0.2) is 48.5 Å². The molecule has 1 aromatic heterocycles. The Hall–Kier alpha value is -1.37. The third-order valence-corrected chi connectivity index (χ3v) is 6.82. The van der Waals surface area contributed by atoms with Crippen LogP contribution >= 0.6 is 0 Å². The average Bonchev–Trinajstić information content (AvgIpc) is 3.38. The predicted octanol–water partition coefficient (Wildman–Crippen LogP) is 1.52. The first kappa shape index (κ1) is 15.2. The van der Waals surface area contributed by atoms with Crippen molar-refractivity contribution in [2.75, 3.05) is 18.1 Å². The van der Waals surface area contributed by atoms with E-state index in [9.17, 15) is 13.2 Å². The van der Waals surface area contributed by atoms with Crippen molar-refractivity contribution in [3.8, 4) is 0 Å². The summed E-state index contributed by atoms with van der Waals surface area (Å²) in [6, 6.07) is 1.73. The largest absolute Gasteiger partial charge is 0.361 e. The Balaban J connectivity index is 1.48. The zero-order chi connectivity index (χ0) is 16.0. The van der Waals surface area contributed by atoms with Crippen LogP contribution in [0.15, 0.2) is 10.6 Å². The second-order valence-electron chi connectivity index (χ2n) is 7.13. The summed E-state index contributed by atoms with van der Waals surface area (Å²) in [7, 11) is -3.04. The zero-order valence-electron chi connectivity index (χ0n) is 13.1. The first-order valence-corrected chi connectivity index (χ1v) is 10.3. The normalized spacial score (nSPS) is 27.7. The van der Waals surface area contributed by atoms with E-state index in [-0.39, 0.29) is 29.9 Å². The highest BCUT2D eigenvalue weighted by atomic mass is 32.2. The molecule has 1 amide bonds. The second-order valence-corrected chi connectivity index (χ2v) is 9.36. The number of rotatable bonds is 4. The fourth-order valence-corrected chi connectivity index (χ4v) is 5.18. The van der Waals surface area contributed by atoms with Crippen molar-refractivity contribution in [2.24, 2.45) is 5.92 Å². The lowest BCUT2D eigenvalue weighted by Crippen LogP contribution is -2.44. The second kappa shape index (κ2) is 5.61. The monoisotopic (exact) mass is 338 g/mol. The summed E-state index contributed by atoms with van der Waals surface area (Å²) in [6.07, 6.45) is 5.06. The van der Waals surface area contributed by atoms with E-state index in [4.69, 9.17) is 4.52 Å². The molecule has 1 atom stereocenters. The van der Waals surface area contributed by atoms with Crippen LogP contribution in [0.5, 0.6) is 0 Å². The molecule has 3 aliphatic rings. The van der Waals surface area contributed by atoms with Crippen molar-refractivity contribution in [2.45, 2.75) is 50.5 Å². The Kier molecular flexibility index (Phi) is 3.70. The molecule has 6 nitrogen and oxygen atoms in total. The van der Waals surface area contributed by atoms with Crippen LogP contribution in [0.3, 0.4) is 0 Å². The Labute approximate surface area is 136 Å². The number of carbonyl (C=O) groups is 1. The van der Waals surface area contributed by atoms with Crippen LogP contribution in [0, 0.1) is 5.92 Å². The van der Waals surface area contributed by atoms with E-state index in [2.05, 4.69) is 5.16 Å². The molecule has 0 bridgehead atoms. The molecule has 0 radical (unpaired) electrons. The summed E-state index contributed by atoms with van der Waals surface area (Å²) < 4.78 is 29.4. The molecular formula is C16H22N2O4S. The molecular weight excluding hydrogens is 316 g/mol. The molecule has 2 heterocycles. The van der Waals surface area contributed by atoms with Gasteiger partial charge < -0.3 is 9.42 Å². The van der Waals surface area contributed by atoms with Crippen molar-refractivity contribution in [3.05, 3.63) is 17.5 Å². The fraction of sp³-hybridized carbons (Fsp3) is 0.750. The molecule has 3 fully saturated rings. The summed E-state index contributed by atoms with van der Waals surface area (Å²) in [4.78, 5) is 14.5. The van der Waals surface area contributed by atoms with E-state index in [0.717, 1.165) is 31.4 Å². The van der Waals surface area contributed by atoms with Gasteiger partial charge in [0, 0.05) is 24.6 Å². The minimum Gasteiger partial charge on any atom is -0.361 e. The van der Waals surface area contributed by atoms with Crippen LogP contribution < -0.4 is 0 Å². The van der Waals surface area contributed by atoms with Crippen molar-refractivity contribution < 1.29 is 17.7 Å². The molecule has 2 saturated carbocycles. The lowest BCUT2D eigenvalue weighted by molar-refractivity contribution is -0.133. The molecule has 2 aliphatic carbocycles. The molecule has 1 saturated heterocycles. The van der Waals surface area contributed by atoms with E-state index in [1.54, 1.807) is 4.90 Å². The SMILES string of the molecule is O=C(Cc1cc(C2CC2)no1)N1CCCS(=O)(=O)CC1C1CC1. The highest BCUT2D eigenvalue weighted by Gasteiger charge is 2.41. The number of carbonyl (C=O) groups excluding carboxylic acids is 1. The van der Waals surface area contributed by atoms with Gasteiger partial charge >= 0.3 is 0 Å². The maximum absolute atomic E-state index is 12.7. The number of hydrogen-bond acceptors (Lipinski definition) is 5. The summed E-state index contributed by atoms with van der Waals surface area (Å²) in [5, 5.41) is 4.04. The number of amides is 1. The lowest BCUT2D eigenvalue weighted by Gasteiger charge is -2.29. The zero-order valence-corrected chi connectivity index (χ0v) is 13.9. The van der Waals surface area contributed by atoms with E-state index in [1.165, 1.54) is 0 Å².